The lowest BCUT2D eigenvalue weighted by Gasteiger charge is -2.42. The number of carboxylic acids is 1. The molecule has 0 radical (unpaired) electrons. The van der Waals surface area contributed by atoms with Gasteiger partial charge in [0, 0.05) is 7.11 Å². The number of hydrogen-bond donors (Lipinski definition) is 1. The number of carbonyl (C=O) groups is 1. The molecule has 2 rings (SSSR count). The van der Waals surface area contributed by atoms with E-state index in [1.165, 1.54) is 6.42 Å². The van der Waals surface area contributed by atoms with Gasteiger partial charge in [0.1, 0.15) is 0 Å². The standard InChI is InChI=1S/C15H21NO3/c1-19-12-15(14(17)18,13-8-4-2-5-9-13)16-10-6-3-7-11-16/h2,4-5,8-9H,3,6-7,10-12H2,1H3,(H,17,18). The van der Waals surface area contributed by atoms with Gasteiger partial charge in [-0.1, -0.05) is 36.8 Å². The van der Waals surface area contributed by atoms with Crippen molar-refractivity contribution in [3.8, 4) is 0 Å². The molecule has 1 saturated heterocycles. The van der Waals surface area contributed by atoms with E-state index in [9.17, 15) is 9.90 Å². The Hall–Kier alpha value is -1.39. The molecule has 4 heteroatoms. The predicted molar refractivity (Wildman–Crippen MR) is 73.1 cm³/mol. The molecule has 4 nitrogen and oxygen atoms in total. The molecule has 0 saturated carbocycles. The summed E-state index contributed by atoms with van der Waals surface area (Å²) < 4.78 is 5.25. The summed E-state index contributed by atoms with van der Waals surface area (Å²) in [6.07, 6.45) is 3.27. The van der Waals surface area contributed by atoms with Crippen LogP contribution in [0.1, 0.15) is 24.8 Å². The lowest BCUT2D eigenvalue weighted by Crippen LogP contribution is -2.56. The van der Waals surface area contributed by atoms with Gasteiger partial charge in [-0.05, 0) is 31.5 Å². The SMILES string of the molecule is COCC(C(=O)O)(c1ccccc1)N1CCCCC1. The van der Waals surface area contributed by atoms with Gasteiger partial charge in [-0.15, -0.1) is 0 Å². The van der Waals surface area contributed by atoms with Crippen LogP contribution >= 0.6 is 0 Å². The average molecular weight is 263 g/mol. The highest BCUT2D eigenvalue weighted by Gasteiger charge is 2.46. The van der Waals surface area contributed by atoms with Crippen LogP contribution in [0.15, 0.2) is 30.3 Å². The molecule has 0 spiro atoms. The molecule has 19 heavy (non-hydrogen) atoms. The van der Waals surface area contributed by atoms with Crippen molar-refractivity contribution in [2.45, 2.75) is 24.8 Å². The van der Waals surface area contributed by atoms with Crippen molar-refractivity contribution >= 4 is 5.97 Å². The number of aliphatic carboxylic acids is 1. The van der Waals surface area contributed by atoms with Crippen molar-refractivity contribution in [3.05, 3.63) is 35.9 Å². The van der Waals surface area contributed by atoms with Gasteiger partial charge in [0.05, 0.1) is 6.61 Å². The van der Waals surface area contributed by atoms with Crippen molar-refractivity contribution in [1.29, 1.82) is 0 Å². The fourth-order valence-corrected chi connectivity index (χ4v) is 2.88. The minimum atomic E-state index is -1.06. The topological polar surface area (TPSA) is 49.8 Å². The third-order valence-corrected chi connectivity index (χ3v) is 3.85. The van der Waals surface area contributed by atoms with Gasteiger partial charge in [-0.2, -0.15) is 0 Å². The number of hydrogen-bond acceptors (Lipinski definition) is 3. The number of piperidine rings is 1. The zero-order valence-corrected chi connectivity index (χ0v) is 11.3. The van der Waals surface area contributed by atoms with Crippen LogP contribution in [0.4, 0.5) is 0 Å². The lowest BCUT2D eigenvalue weighted by atomic mass is 9.87. The first kappa shape index (κ1) is 14.0. The average Bonchev–Trinajstić information content (AvgIpc) is 2.46. The first-order chi connectivity index (χ1) is 9.21. The predicted octanol–water partition coefficient (Wildman–Crippen LogP) is 2.10. The first-order valence-corrected chi connectivity index (χ1v) is 6.74. The Balaban J connectivity index is 2.43. The quantitative estimate of drug-likeness (QED) is 0.884. The first-order valence-electron chi connectivity index (χ1n) is 6.74. The fraction of sp³-hybridized carbons (Fsp3) is 0.533. The number of methoxy groups -OCH3 is 1. The van der Waals surface area contributed by atoms with E-state index in [2.05, 4.69) is 4.90 Å². The van der Waals surface area contributed by atoms with Crippen molar-refractivity contribution in [1.82, 2.24) is 4.90 Å². The fourth-order valence-electron chi connectivity index (χ4n) is 2.88. The summed E-state index contributed by atoms with van der Waals surface area (Å²) in [5.74, 6) is -0.831. The maximum absolute atomic E-state index is 12.0. The van der Waals surface area contributed by atoms with Gasteiger partial charge in [0.15, 0.2) is 5.54 Å². The van der Waals surface area contributed by atoms with Gasteiger partial charge >= 0.3 is 5.97 Å². The van der Waals surface area contributed by atoms with E-state index in [1.54, 1.807) is 7.11 Å². The van der Waals surface area contributed by atoms with E-state index >= 15 is 0 Å². The summed E-state index contributed by atoms with van der Waals surface area (Å²) in [5, 5.41) is 9.84. The Labute approximate surface area is 114 Å². The molecule has 104 valence electrons. The molecule has 1 aromatic carbocycles. The van der Waals surface area contributed by atoms with Crippen molar-refractivity contribution < 1.29 is 14.6 Å². The second kappa shape index (κ2) is 6.17. The van der Waals surface area contributed by atoms with Crippen molar-refractivity contribution in [2.24, 2.45) is 0 Å². The number of rotatable bonds is 5. The highest BCUT2D eigenvalue weighted by molar-refractivity contribution is 5.81. The number of nitrogens with zero attached hydrogens (tertiary/aromatic N) is 1. The Kier molecular flexibility index (Phi) is 4.56. The zero-order chi connectivity index (χ0) is 13.7. The Bertz CT molecular complexity index is 415. The van der Waals surface area contributed by atoms with Gasteiger partial charge in [-0.3, -0.25) is 4.90 Å². The molecule has 1 aromatic rings. The summed E-state index contributed by atoms with van der Waals surface area (Å²) in [4.78, 5) is 14.0. The van der Waals surface area contributed by atoms with Crippen LogP contribution < -0.4 is 0 Å². The van der Waals surface area contributed by atoms with Gasteiger partial charge in [0.25, 0.3) is 0 Å². The van der Waals surface area contributed by atoms with E-state index in [-0.39, 0.29) is 6.61 Å². The third kappa shape index (κ3) is 2.65. The molecule has 0 aromatic heterocycles. The lowest BCUT2D eigenvalue weighted by molar-refractivity contribution is -0.158. The third-order valence-electron chi connectivity index (χ3n) is 3.85. The molecule has 1 unspecified atom stereocenters. The maximum Gasteiger partial charge on any atom is 0.331 e. The summed E-state index contributed by atoms with van der Waals surface area (Å²) in [7, 11) is 1.56. The van der Waals surface area contributed by atoms with E-state index in [0.717, 1.165) is 31.5 Å². The van der Waals surface area contributed by atoms with Crippen LogP contribution in [0.3, 0.4) is 0 Å². The zero-order valence-electron chi connectivity index (χ0n) is 11.3. The molecule has 0 bridgehead atoms. The summed E-state index contributed by atoms with van der Waals surface area (Å²) in [6, 6.07) is 9.42. The Morgan fingerprint density at radius 1 is 1.26 bits per heavy atom. The second-order valence-electron chi connectivity index (χ2n) is 5.01. The second-order valence-corrected chi connectivity index (χ2v) is 5.01. The van der Waals surface area contributed by atoms with Crippen molar-refractivity contribution in [3.63, 3.8) is 0 Å². The Morgan fingerprint density at radius 3 is 2.42 bits per heavy atom. The van der Waals surface area contributed by atoms with Crippen LogP contribution in [0.25, 0.3) is 0 Å². The van der Waals surface area contributed by atoms with Crippen LogP contribution in [0, 0.1) is 0 Å². The van der Waals surface area contributed by atoms with Crippen LogP contribution in [-0.2, 0) is 15.1 Å². The van der Waals surface area contributed by atoms with E-state index in [4.69, 9.17) is 4.74 Å². The van der Waals surface area contributed by atoms with Crippen molar-refractivity contribution in [2.75, 3.05) is 26.8 Å². The van der Waals surface area contributed by atoms with Crippen LogP contribution in [0.2, 0.25) is 0 Å². The maximum atomic E-state index is 12.0. The highest BCUT2D eigenvalue weighted by atomic mass is 16.5. The molecule has 0 amide bonds. The monoisotopic (exact) mass is 263 g/mol. The summed E-state index contributed by atoms with van der Waals surface area (Å²) in [6.45, 7) is 1.79. The van der Waals surface area contributed by atoms with Gasteiger partial charge < -0.3 is 9.84 Å². The molecule has 1 aliphatic rings. The minimum Gasteiger partial charge on any atom is -0.480 e. The molecule has 1 heterocycles. The number of likely N-dealkylation sites (tertiary alicyclic amines) is 1. The van der Waals surface area contributed by atoms with Crippen LogP contribution in [-0.4, -0.2) is 42.8 Å². The Morgan fingerprint density at radius 2 is 1.89 bits per heavy atom. The van der Waals surface area contributed by atoms with E-state index < -0.39 is 11.5 Å². The van der Waals surface area contributed by atoms with Gasteiger partial charge in [-0.25, -0.2) is 4.79 Å². The van der Waals surface area contributed by atoms with E-state index in [1.807, 2.05) is 30.3 Å². The largest absolute Gasteiger partial charge is 0.480 e. The minimum absolute atomic E-state index is 0.173. The number of carboxylic acid groups (broad SMARTS) is 1. The normalized spacial score (nSPS) is 19.8. The van der Waals surface area contributed by atoms with Crippen LogP contribution in [0.5, 0.6) is 0 Å². The molecule has 1 atom stereocenters. The molecular formula is C15H21NO3. The van der Waals surface area contributed by atoms with E-state index in [0.29, 0.717) is 0 Å². The number of benzene rings is 1. The molecule has 1 aliphatic heterocycles. The molecule has 0 aliphatic carbocycles. The number of ether oxygens (including phenoxy) is 1. The highest BCUT2D eigenvalue weighted by Crippen LogP contribution is 2.32. The molecule has 1 fully saturated rings. The van der Waals surface area contributed by atoms with Gasteiger partial charge in [0.2, 0.25) is 0 Å². The molecule has 1 N–H and O–H groups in total. The summed E-state index contributed by atoms with van der Waals surface area (Å²) >= 11 is 0. The summed E-state index contributed by atoms with van der Waals surface area (Å²) in [5.41, 5.74) is -0.262. The smallest absolute Gasteiger partial charge is 0.331 e. The molecular weight excluding hydrogens is 242 g/mol.